The van der Waals surface area contributed by atoms with Gasteiger partial charge in [0.1, 0.15) is 0 Å². The van der Waals surface area contributed by atoms with Crippen LogP contribution in [-0.4, -0.2) is 42.9 Å². The van der Waals surface area contributed by atoms with Gasteiger partial charge in [0.25, 0.3) is 0 Å². The average molecular weight is 282 g/mol. The first-order valence-electron chi connectivity index (χ1n) is 7.02. The molecule has 20 heavy (non-hydrogen) atoms. The maximum absolute atomic E-state index is 9.99. The molecule has 1 aliphatic rings. The van der Waals surface area contributed by atoms with Crippen molar-refractivity contribution in [2.75, 3.05) is 26.6 Å². The highest BCUT2D eigenvalue weighted by Crippen LogP contribution is 2.35. The standard InChI is InChI=1S/C15H22O5/c1-2-3-11-7-14-15(20-10-19-14)8-12(11)6-13(17)9-18-5-4-16/h7-8,13,16-17H,2-6,9-10H2,1H3. The predicted octanol–water partition coefficient (Wildman–Crippen LogP) is 1.28. The van der Waals surface area contributed by atoms with E-state index in [1.165, 1.54) is 5.56 Å². The van der Waals surface area contributed by atoms with Gasteiger partial charge >= 0.3 is 0 Å². The Morgan fingerprint density at radius 1 is 1.25 bits per heavy atom. The van der Waals surface area contributed by atoms with Crippen LogP contribution in [0.25, 0.3) is 0 Å². The van der Waals surface area contributed by atoms with Crippen LogP contribution in [0.3, 0.4) is 0 Å². The van der Waals surface area contributed by atoms with Gasteiger partial charge in [-0.25, -0.2) is 0 Å². The van der Waals surface area contributed by atoms with Crippen LogP contribution in [0.5, 0.6) is 11.5 Å². The predicted molar refractivity (Wildman–Crippen MR) is 74.2 cm³/mol. The van der Waals surface area contributed by atoms with Gasteiger partial charge in [0.05, 0.1) is 25.9 Å². The van der Waals surface area contributed by atoms with Crippen molar-refractivity contribution in [2.45, 2.75) is 32.3 Å². The highest BCUT2D eigenvalue weighted by atomic mass is 16.7. The second kappa shape index (κ2) is 7.47. The summed E-state index contributed by atoms with van der Waals surface area (Å²) in [6, 6.07) is 3.95. The number of aryl methyl sites for hydroxylation is 1. The Balaban J connectivity index is 2.05. The second-order valence-corrected chi connectivity index (χ2v) is 4.88. The van der Waals surface area contributed by atoms with E-state index in [9.17, 15) is 5.11 Å². The van der Waals surface area contributed by atoms with Gasteiger partial charge in [0.15, 0.2) is 11.5 Å². The van der Waals surface area contributed by atoms with Crippen molar-refractivity contribution < 1.29 is 24.4 Å². The van der Waals surface area contributed by atoms with E-state index in [1.807, 2.05) is 12.1 Å². The van der Waals surface area contributed by atoms with Gasteiger partial charge in [-0.1, -0.05) is 13.3 Å². The quantitative estimate of drug-likeness (QED) is 0.703. The molecule has 1 aromatic carbocycles. The van der Waals surface area contributed by atoms with Crippen LogP contribution in [0.4, 0.5) is 0 Å². The zero-order chi connectivity index (χ0) is 14.4. The molecule has 1 aromatic rings. The van der Waals surface area contributed by atoms with E-state index in [-0.39, 0.29) is 26.6 Å². The Hall–Kier alpha value is -1.30. The molecular formula is C15H22O5. The molecule has 0 bridgehead atoms. The molecule has 0 radical (unpaired) electrons. The number of aliphatic hydroxyl groups excluding tert-OH is 2. The fraction of sp³-hybridized carbons (Fsp3) is 0.600. The summed E-state index contributed by atoms with van der Waals surface area (Å²) in [5.41, 5.74) is 2.24. The molecule has 0 fully saturated rings. The second-order valence-electron chi connectivity index (χ2n) is 4.88. The monoisotopic (exact) mass is 282 g/mol. The van der Waals surface area contributed by atoms with E-state index in [0.29, 0.717) is 6.42 Å². The van der Waals surface area contributed by atoms with Crippen LogP contribution in [0, 0.1) is 0 Å². The van der Waals surface area contributed by atoms with Gasteiger partial charge in [-0.2, -0.15) is 0 Å². The molecule has 2 rings (SSSR count). The number of rotatable bonds is 8. The Morgan fingerprint density at radius 2 is 1.95 bits per heavy atom. The van der Waals surface area contributed by atoms with Crippen molar-refractivity contribution in [3.63, 3.8) is 0 Å². The first kappa shape index (κ1) is 15.1. The van der Waals surface area contributed by atoms with Crippen molar-refractivity contribution in [1.82, 2.24) is 0 Å². The van der Waals surface area contributed by atoms with Crippen molar-refractivity contribution >= 4 is 0 Å². The molecule has 1 atom stereocenters. The highest BCUT2D eigenvalue weighted by Gasteiger charge is 2.18. The lowest BCUT2D eigenvalue weighted by atomic mass is 9.97. The minimum atomic E-state index is -0.586. The molecule has 0 saturated carbocycles. The smallest absolute Gasteiger partial charge is 0.231 e. The minimum Gasteiger partial charge on any atom is -0.454 e. The lowest BCUT2D eigenvalue weighted by molar-refractivity contribution is 0.0217. The van der Waals surface area contributed by atoms with Crippen LogP contribution in [-0.2, 0) is 17.6 Å². The van der Waals surface area contributed by atoms with Gasteiger partial charge < -0.3 is 24.4 Å². The van der Waals surface area contributed by atoms with Gasteiger partial charge in [0, 0.05) is 6.42 Å². The first-order valence-corrected chi connectivity index (χ1v) is 7.02. The van der Waals surface area contributed by atoms with E-state index < -0.39 is 6.10 Å². The fourth-order valence-electron chi connectivity index (χ4n) is 2.31. The Labute approximate surface area is 119 Å². The van der Waals surface area contributed by atoms with Crippen LogP contribution >= 0.6 is 0 Å². The maximum Gasteiger partial charge on any atom is 0.231 e. The molecule has 0 amide bonds. The summed E-state index contributed by atoms with van der Waals surface area (Å²) in [4.78, 5) is 0. The van der Waals surface area contributed by atoms with Crippen molar-refractivity contribution in [3.8, 4) is 11.5 Å². The van der Waals surface area contributed by atoms with E-state index in [1.54, 1.807) is 0 Å². The SMILES string of the molecule is CCCc1cc2c(cc1CC(O)COCCO)OCO2. The van der Waals surface area contributed by atoms with Gasteiger partial charge in [-0.15, -0.1) is 0 Å². The zero-order valence-electron chi connectivity index (χ0n) is 11.8. The molecule has 0 spiro atoms. The Morgan fingerprint density at radius 3 is 2.60 bits per heavy atom. The molecule has 0 aromatic heterocycles. The Kier molecular flexibility index (Phi) is 5.64. The molecule has 2 N–H and O–H groups in total. The first-order chi connectivity index (χ1) is 9.74. The summed E-state index contributed by atoms with van der Waals surface area (Å²) in [5.74, 6) is 1.52. The van der Waals surface area contributed by atoms with Crippen LogP contribution in [0.1, 0.15) is 24.5 Å². The summed E-state index contributed by atoms with van der Waals surface area (Å²) in [6.07, 6.45) is 1.90. The largest absolute Gasteiger partial charge is 0.454 e. The number of hydrogen-bond acceptors (Lipinski definition) is 5. The van der Waals surface area contributed by atoms with E-state index in [4.69, 9.17) is 19.3 Å². The van der Waals surface area contributed by atoms with Crippen molar-refractivity contribution in [3.05, 3.63) is 23.3 Å². The van der Waals surface area contributed by atoms with Crippen LogP contribution in [0.15, 0.2) is 12.1 Å². The summed E-state index contributed by atoms with van der Waals surface area (Å²) < 4.78 is 15.9. The third kappa shape index (κ3) is 3.85. The topological polar surface area (TPSA) is 68.2 Å². The molecule has 5 nitrogen and oxygen atoms in total. The van der Waals surface area contributed by atoms with E-state index in [2.05, 4.69) is 6.92 Å². The molecule has 0 aliphatic carbocycles. The van der Waals surface area contributed by atoms with E-state index >= 15 is 0 Å². The van der Waals surface area contributed by atoms with Gasteiger partial charge in [0.2, 0.25) is 6.79 Å². The Bertz CT molecular complexity index is 433. The normalized spacial score (nSPS) is 14.6. The minimum absolute atomic E-state index is 0.0299. The van der Waals surface area contributed by atoms with Crippen LogP contribution in [0.2, 0.25) is 0 Å². The number of ether oxygens (including phenoxy) is 3. The molecular weight excluding hydrogens is 260 g/mol. The summed E-state index contributed by atoms with van der Waals surface area (Å²) >= 11 is 0. The summed E-state index contributed by atoms with van der Waals surface area (Å²) in [5, 5.41) is 18.6. The molecule has 1 aliphatic heterocycles. The number of hydrogen-bond donors (Lipinski definition) is 2. The van der Waals surface area contributed by atoms with Gasteiger partial charge in [-0.3, -0.25) is 0 Å². The van der Waals surface area contributed by atoms with Crippen molar-refractivity contribution in [1.29, 1.82) is 0 Å². The molecule has 0 saturated heterocycles. The third-order valence-electron chi connectivity index (χ3n) is 3.22. The maximum atomic E-state index is 9.99. The molecule has 5 heteroatoms. The molecule has 1 unspecified atom stereocenters. The average Bonchev–Trinajstić information content (AvgIpc) is 2.87. The number of aliphatic hydroxyl groups is 2. The van der Waals surface area contributed by atoms with Crippen LogP contribution < -0.4 is 9.47 Å². The summed E-state index contributed by atoms with van der Waals surface area (Å²) in [7, 11) is 0. The lowest BCUT2D eigenvalue weighted by Crippen LogP contribution is -2.20. The zero-order valence-corrected chi connectivity index (χ0v) is 11.8. The lowest BCUT2D eigenvalue weighted by Gasteiger charge is -2.15. The van der Waals surface area contributed by atoms with E-state index in [0.717, 1.165) is 29.9 Å². The number of fused-ring (bicyclic) bond motifs is 1. The van der Waals surface area contributed by atoms with Gasteiger partial charge in [-0.05, 0) is 29.7 Å². The molecule has 1 heterocycles. The summed E-state index contributed by atoms with van der Waals surface area (Å²) in [6.45, 7) is 2.82. The fourth-order valence-corrected chi connectivity index (χ4v) is 2.31. The number of benzene rings is 1. The highest BCUT2D eigenvalue weighted by molar-refractivity contribution is 5.49. The third-order valence-corrected chi connectivity index (χ3v) is 3.22. The van der Waals surface area contributed by atoms with Crippen molar-refractivity contribution in [2.24, 2.45) is 0 Å². The molecule has 112 valence electrons.